The summed E-state index contributed by atoms with van der Waals surface area (Å²) in [5.41, 5.74) is 3.93. The van der Waals surface area contributed by atoms with Gasteiger partial charge >= 0.3 is 6.18 Å². The Hall–Kier alpha value is -3.95. The van der Waals surface area contributed by atoms with Gasteiger partial charge in [0.1, 0.15) is 5.82 Å². The molecule has 1 aromatic heterocycles. The lowest BCUT2D eigenvalue weighted by atomic mass is 9.99. The summed E-state index contributed by atoms with van der Waals surface area (Å²) in [5.74, 6) is 0.463. The standard InChI is InChI=1S/C34H35F3N4O2/c35-34(36,37)27-12-7-23(8-13-27)20-38-32-19-30(33(43)41-17-3-4-28(41)21-40-15-1-2-16-40)29-18-26(11-14-31(29)39-32)25-9-5-24(22-42)6-10-25/h5-14,18-19,28,42H,1-4,15-17,20-22H2,(H,38,39)/t28-/m0/s1. The second-order valence-corrected chi connectivity index (χ2v) is 11.5. The largest absolute Gasteiger partial charge is 0.416 e. The van der Waals surface area contributed by atoms with Crippen molar-refractivity contribution < 1.29 is 23.1 Å². The zero-order valence-electron chi connectivity index (χ0n) is 23.9. The van der Waals surface area contributed by atoms with E-state index < -0.39 is 11.7 Å². The van der Waals surface area contributed by atoms with E-state index in [2.05, 4.69) is 10.2 Å². The number of aliphatic hydroxyl groups excluding tert-OH is 1. The summed E-state index contributed by atoms with van der Waals surface area (Å²) in [5, 5.41) is 13.4. The third kappa shape index (κ3) is 6.53. The highest BCUT2D eigenvalue weighted by atomic mass is 19.4. The number of pyridine rings is 1. The lowest BCUT2D eigenvalue weighted by molar-refractivity contribution is -0.137. The van der Waals surface area contributed by atoms with Gasteiger partial charge in [0.25, 0.3) is 5.91 Å². The zero-order valence-corrected chi connectivity index (χ0v) is 23.9. The number of hydrogen-bond acceptors (Lipinski definition) is 5. The molecule has 224 valence electrons. The highest BCUT2D eigenvalue weighted by molar-refractivity contribution is 6.08. The molecule has 0 aliphatic carbocycles. The molecule has 2 fully saturated rings. The summed E-state index contributed by atoms with van der Waals surface area (Å²) in [6.07, 6.45) is -0.0398. The normalized spacial score (nSPS) is 17.6. The van der Waals surface area contributed by atoms with E-state index in [9.17, 15) is 23.1 Å². The molecule has 0 saturated carbocycles. The maximum Gasteiger partial charge on any atom is 0.416 e. The lowest BCUT2D eigenvalue weighted by Crippen LogP contribution is -2.42. The number of halogens is 3. The van der Waals surface area contributed by atoms with Crippen molar-refractivity contribution in [2.24, 2.45) is 0 Å². The van der Waals surface area contributed by atoms with Crippen molar-refractivity contribution in [3.63, 3.8) is 0 Å². The number of anilines is 1. The molecule has 1 atom stereocenters. The monoisotopic (exact) mass is 588 g/mol. The van der Waals surface area contributed by atoms with Crippen LogP contribution in [0.25, 0.3) is 22.0 Å². The number of aliphatic hydroxyl groups is 1. The Labute approximate surface area is 249 Å². The van der Waals surface area contributed by atoms with Crippen LogP contribution < -0.4 is 5.32 Å². The van der Waals surface area contributed by atoms with Crippen LogP contribution in [0.4, 0.5) is 19.0 Å². The molecule has 43 heavy (non-hydrogen) atoms. The molecule has 2 aliphatic heterocycles. The van der Waals surface area contributed by atoms with Crippen molar-refractivity contribution in [3.05, 3.63) is 95.1 Å². The first kappa shape index (κ1) is 29.1. The van der Waals surface area contributed by atoms with Crippen molar-refractivity contribution in [1.82, 2.24) is 14.8 Å². The Morgan fingerprint density at radius 1 is 0.884 bits per heavy atom. The van der Waals surface area contributed by atoms with Gasteiger partial charge in [-0.15, -0.1) is 0 Å². The highest BCUT2D eigenvalue weighted by Gasteiger charge is 2.33. The number of carbonyl (C=O) groups excluding carboxylic acids is 1. The summed E-state index contributed by atoms with van der Waals surface area (Å²) < 4.78 is 39.0. The van der Waals surface area contributed by atoms with Gasteiger partial charge in [0.15, 0.2) is 0 Å². The molecule has 2 aliphatic rings. The molecule has 6 rings (SSSR count). The number of benzene rings is 3. The summed E-state index contributed by atoms with van der Waals surface area (Å²) >= 11 is 0. The smallest absolute Gasteiger partial charge is 0.392 e. The third-order valence-electron chi connectivity index (χ3n) is 8.57. The van der Waals surface area contributed by atoms with Crippen LogP contribution in [-0.4, -0.2) is 58.0 Å². The van der Waals surface area contributed by atoms with Crippen LogP contribution in [0.15, 0.2) is 72.8 Å². The molecule has 2 N–H and O–H groups in total. The predicted octanol–water partition coefficient (Wildman–Crippen LogP) is 6.73. The van der Waals surface area contributed by atoms with E-state index in [0.717, 1.165) is 66.7 Å². The third-order valence-corrected chi connectivity index (χ3v) is 8.57. The van der Waals surface area contributed by atoms with E-state index >= 15 is 0 Å². The second kappa shape index (κ2) is 12.3. The Bertz CT molecular complexity index is 1580. The minimum atomic E-state index is -4.39. The molecular weight excluding hydrogens is 553 g/mol. The van der Waals surface area contributed by atoms with Crippen LogP contribution in [0, 0.1) is 0 Å². The molecule has 3 heterocycles. The molecule has 0 unspecified atom stereocenters. The van der Waals surface area contributed by atoms with Gasteiger partial charge < -0.3 is 20.2 Å². The minimum absolute atomic E-state index is 0.0283. The van der Waals surface area contributed by atoms with Crippen LogP contribution in [0.3, 0.4) is 0 Å². The summed E-state index contributed by atoms with van der Waals surface area (Å²) in [7, 11) is 0. The van der Waals surface area contributed by atoms with Gasteiger partial charge in [0, 0.05) is 31.1 Å². The summed E-state index contributed by atoms with van der Waals surface area (Å²) in [6.45, 7) is 3.98. The Morgan fingerprint density at radius 2 is 1.58 bits per heavy atom. The van der Waals surface area contributed by atoms with E-state index in [1.54, 1.807) is 6.07 Å². The van der Waals surface area contributed by atoms with Gasteiger partial charge in [-0.05, 0) is 91.4 Å². The Morgan fingerprint density at radius 3 is 2.28 bits per heavy atom. The molecule has 0 spiro atoms. The number of aromatic nitrogens is 1. The van der Waals surface area contributed by atoms with Crippen molar-refractivity contribution in [3.8, 4) is 11.1 Å². The topological polar surface area (TPSA) is 68.7 Å². The van der Waals surface area contributed by atoms with Crippen LogP contribution >= 0.6 is 0 Å². The number of nitrogens with one attached hydrogen (secondary N) is 1. The number of alkyl halides is 3. The van der Waals surface area contributed by atoms with E-state index in [0.29, 0.717) is 29.0 Å². The number of carbonyl (C=O) groups is 1. The second-order valence-electron chi connectivity index (χ2n) is 11.5. The first-order valence-corrected chi connectivity index (χ1v) is 14.9. The van der Waals surface area contributed by atoms with E-state index in [1.807, 2.05) is 47.4 Å². The Balaban J connectivity index is 1.33. The first-order valence-electron chi connectivity index (χ1n) is 14.9. The first-order chi connectivity index (χ1) is 20.8. The molecule has 4 aromatic rings. The SMILES string of the molecule is O=C(c1cc(NCc2ccc(C(F)(F)F)cc2)nc2ccc(-c3ccc(CO)cc3)cc12)N1CCC[C@H]1CN1CCCC1. The number of fused-ring (bicyclic) bond motifs is 1. The van der Waals surface area contributed by atoms with Crippen molar-refractivity contribution >= 4 is 22.6 Å². The minimum Gasteiger partial charge on any atom is -0.392 e. The summed E-state index contributed by atoms with van der Waals surface area (Å²) in [6, 6.07) is 20.5. The zero-order chi connectivity index (χ0) is 30.0. The van der Waals surface area contributed by atoms with Crippen LogP contribution in [0.1, 0.15) is 52.7 Å². The average molecular weight is 589 g/mol. The fraction of sp³-hybridized carbons (Fsp3) is 0.353. The Kier molecular flexibility index (Phi) is 8.36. The maximum absolute atomic E-state index is 14.3. The van der Waals surface area contributed by atoms with Crippen molar-refractivity contribution in [2.75, 3.05) is 31.5 Å². The molecule has 0 radical (unpaired) electrons. The van der Waals surface area contributed by atoms with Crippen molar-refractivity contribution in [2.45, 2.75) is 51.1 Å². The predicted molar refractivity (Wildman–Crippen MR) is 162 cm³/mol. The van der Waals surface area contributed by atoms with Gasteiger partial charge in [-0.1, -0.05) is 42.5 Å². The molecule has 0 bridgehead atoms. The van der Waals surface area contributed by atoms with Crippen LogP contribution in [-0.2, 0) is 19.3 Å². The molecule has 9 heteroatoms. The van der Waals surface area contributed by atoms with Crippen molar-refractivity contribution in [1.29, 1.82) is 0 Å². The van der Waals surface area contributed by atoms with Gasteiger partial charge in [0.2, 0.25) is 0 Å². The molecule has 2 saturated heterocycles. The maximum atomic E-state index is 14.3. The van der Waals surface area contributed by atoms with E-state index in [4.69, 9.17) is 4.98 Å². The number of rotatable bonds is 8. The van der Waals surface area contributed by atoms with Crippen LogP contribution in [0.2, 0.25) is 0 Å². The number of likely N-dealkylation sites (tertiary alicyclic amines) is 2. The number of hydrogen-bond donors (Lipinski definition) is 2. The fourth-order valence-corrected chi connectivity index (χ4v) is 6.19. The molecule has 1 amide bonds. The van der Waals surface area contributed by atoms with E-state index in [-0.39, 0.29) is 25.1 Å². The average Bonchev–Trinajstić information content (AvgIpc) is 3.71. The van der Waals surface area contributed by atoms with Gasteiger partial charge in [0.05, 0.1) is 23.3 Å². The number of nitrogens with zero attached hydrogens (tertiary/aromatic N) is 3. The lowest BCUT2D eigenvalue weighted by Gasteiger charge is -2.29. The molecule has 6 nitrogen and oxygen atoms in total. The quantitative estimate of drug-likeness (QED) is 0.239. The number of amides is 1. The van der Waals surface area contributed by atoms with Crippen LogP contribution in [0.5, 0.6) is 0 Å². The highest BCUT2D eigenvalue weighted by Crippen LogP contribution is 2.32. The summed E-state index contributed by atoms with van der Waals surface area (Å²) in [4.78, 5) is 23.5. The van der Waals surface area contributed by atoms with Gasteiger partial charge in [-0.3, -0.25) is 4.79 Å². The molecular formula is C34H35F3N4O2. The van der Waals surface area contributed by atoms with Gasteiger partial charge in [-0.2, -0.15) is 13.2 Å². The van der Waals surface area contributed by atoms with Gasteiger partial charge in [-0.25, -0.2) is 4.98 Å². The van der Waals surface area contributed by atoms with E-state index in [1.165, 1.54) is 25.0 Å². The molecule has 3 aromatic carbocycles. The fourth-order valence-electron chi connectivity index (χ4n) is 6.19.